The van der Waals surface area contributed by atoms with Crippen LogP contribution in [0.3, 0.4) is 0 Å². The lowest BCUT2D eigenvalue weighted by Crippen LogP contribution is -2.59. The molecule has 0 fully saturated rings. The molecule has 0 radical (unpaired) electrons. The van der Waals surface area contributed by atoms with E-state index < -0.39 is 0 Å². The molecular weight excluding hydrogens is 629 g/mol. The summed E-state index contributed by atoms with van der Waals surface area (Å²) in [5, 5.41) is 5.03. The molecule has 3 nitrogen and oxygen atoms in total. The fourth-order valence-electron chi connectivity index (χ4n) is 9.43. The predicted molar refractivity (Wildman–Crippen MR) is 220 cm³/mol. The topological polar surface area (TPSA) is 13.1 Å². The second kappa shape index (κ2) is 10.4. The maximum Gasteiger partial charge on any atom is 0.329 e. The van der Waals surface area contributed by atoms with Crippen molar-refractivity contribution in [1.29, 1.82) is 0 Å². The molecule has 0 saturated carbocycles. The van der Waals surface area contributed by atoms with Gasteiger partial charge >= 0.3 is 6.85 Å². The lowest BCUT2D eigenvalue weighted by atomic mass is 9.43. The van der Waals surface area contributed by atoms with Crippen LogP contribution in [-0.2, 0) is 0 Å². The molecule has 240 valence electrons. The van der Waals surface area contributed by atoms with E-state index in [0.717, 1.165) is 5.69 Å². The van der Waals surface area contributed by atoms with E-state index in [4.69, 9.17) is 0 Å². The summed E-state index contributed by atoms with van der Waals surface area (Å²) >= 11 is 0. The zero-order chi connectivity index (χ0) is 33.9. The van der Waals surface area contributed by atoms with E-state index in [2.05, 4.69) is 196 Å². The van der Waals surface area contributed by atoms with Crippen LogP contribution in [0.25, 0.3) is 77.2 Å². The monoisotopic (exact) mass is 659 g/mol. The van der Waals surface area contributed by atoms with Gasteiger partial charge in [-0.1, -0.05) is 127 Å². The highest BCUT2D eigenvalue weighted by molar-refractivity contribution is 6.92. The Morgan fingerprint density at radius 1 is 0.346 bits per heavy atom. The van der Waals surface area contributed by atoms with Crippen molar-refractivity contribution in [2.24, 2.45) is 0 Å². The number of nitrogens with zero attached hydrogens (tertiary/aromatic N) is 3. The first-order valence-corrected chi connectivity index (χ1v) is 18.1. The SMILES string of the molecule is c1ccc(-n2c3ccccc3c3cc4c(cc32)c2ccc3c(c2n4-c2ccccc2)-c2ccccc2N2B3c3ccccc3-c3ccccc32)cc1. The molecule has 2 aliphatic rings. The van der Waals surface area contributed by atoms with Gasteiger partial charge in [-0.15, -0.1) is 0 Å². The molecular formula is C48H30BN3. The van der Waals surface area contributed by atoms with Crippen LogP contribution in [0.5, 0.6) is 0 Å². The molecule has 0 spiro atoms. The Morgan fingerprint density at radius 3 is 1.67 bits per heavy atom. The number of fused-ring (bicyclic) bond motifs is 18. The molecule has 4 heterocycles. The molecule has 2 aromatic heterocycles. The highest BCUT2D eigenvalue weighted by atomic mass is 15.1. The van der Waals surface area contributed by atoms with Crippen LogP contribution < -0.4 is 15.7 Å². The van der Waals surface area contributed by atoms with Crippen molar-refractivity contribution < 1.29 is 0 Å². The number of benzene rings is 8. The third-order valence-corrected chi connectivity index (χ3v) is 11.5. The van der Waals surface area contributed by atoms with Crippen molar-refractivity contribution in [3.8, 4) is 33.6 Å². The first kappa shape index (κ1) is 28.0. The van der Waals surface area contributed by atoms with Crippen LogP contribution in [0.1, 0.15) is 0 Å². The Balaban J connectivity index is 1.26. The molecule has 2 aliphatic heterocycles. The van der Waals surface area contributed by atoms with E-state index in [1.54, 1.807) is 0 Å². The zero-order valence-corrected chi connectivity index (χ0v) is 28.2. The van der Waals surface area contributed by atoms with Crippen molar-refractivity contribution in [3.63, 3.8) is 0 Å². The summed E-state index contributed by atoms with van der Waals surface area (Å²) < 4.78 is 4.96. The van der Waals surface area contributed by atoms with Gasteiger partial charge in [0.1, 0.15) is 0 Å². The molecule has 0 N–H and O–H groups in total. The van der Waals surface area contributed by atoms with E-state index >= 15 is 0 Å². The smallest absolute Gasteiger partial charge is 0.329 e. The quantitative estimate of drug-likeness (QED) is 0.168. The van der Waals surface area contributed by atoms with Gasteiger partial charge < -0.3 is 13.9 Å². The van der Waals surface area contributed by atoms with E-state index in [1.807, 2.05) is 0 Å². The van der Waals surface area contributed by atoms with Gasteiger partial charge in [0.2, 0.25) is 0 Å². The number of para-hydroxylation sites is 5. The molecule has 0 aliphatic carbocycles. The second-order valence-electron chi connectivity index (χ2n) is 14.1. The van der Waals surface area contributed by atoms with E-state index in [-0.39, 0.29) is 6.85 Å². The Labute approximate surface area is 301 Å². The number of hydrogen-bond acceptors (Lipinski definition) is 1. The maximum absolute atomic E-state index is 2.58. The molecule has 0 amide bonds. The number of anilines is 2. The summed E-state index contributed by atoms with van der Waals surface area (Å²) in [4.78, 5) is 2.58. The van der Waals surface area contributed by atoms with E-state index in [9.17, 15) is 0 Å². The van der Waals surface area contributed by atoms with Crippen molar-refractivity contribution in [2.75, 3.05) is 4.81 Å². The van der Waals surface area contributed by atoms with Gasteiger partial charge in [0.05, 0.1) is 22.1 Å². The largest absolute Gasteiger partial charge is 0.376 e. The van der Waals surface area contributed by atoms with E-state index in [1.165, 1.54) is 93.9 Å². The lowest BCUT2D eigenvalue weighted by molar-refractivity contribution is 1.17. The Morgan fingerprint density at radius 2 is 0.904 bits per heavy atom. The summed E-state index contributed by atoms with van der Waals surface area (Å²) in [6, 6.07) is 67.2. The van der Waals surface area contributed by atoms with Gasteiger partial charge in [0.15, 0.2) is 0 Å². The van der Waals surface area contributed by atoms with Crippen LogP contribution in [0.15, 0.2) is 182 Å². The minimum Gasteiger partial charge on any atom is -0.376 e. The number of rotatable bonds is 2. The Bertz CT molecular complexity index is 3080. The molecule has 0 unspecified atom stereocenters. The summed E-state index contributed by atoms with van der Waals surface area (Å²) in [5.41, 5.74) is 17.6. The highest BCUT2D eigenvalue weighted by Gasteiger charge is 2.43. The van der Waals surface area contributed by atoms with E-state index in [0.29, 0.717) is 0 Å². The molecule has 12 rings (SSSR count). The van der Waals surface area contributed by atoms with Gasteiger partial charge in [0.25, 0.3) is 0 Å². The summed E-state index contributed by atoms with van der Waals surface area (Å²) in [6.07, 6.45) is 0. The molecule has 4 heteroatoms. The third-order valence-electron chi connectivity index (χ3n) is 11.5. The van der Waals surface area contributed by atoms with Crippen molar-refractivity contribution in [1.82, 2.24) is 9.13 Å². The fourth-order valence-corrected chi connectivity index (χ4v) is 9.43. The fraction of sp³-hybridized carbons (Fsp3) is 0. The van der Waals surface area contributed by atoms with Crippen LogP contribution in [-0.4, -0.2) is 16.0 Å². The van der Waals surface area contributed by atoms with Crippen molar-refractivity contribution >= 4 is 72.8 Å². The van der Waals surface area contributed by atoms with Crippen LogP contribution in [0.2, 0.25) is 0 Å². The summed E-state index contributed by atoms with van der Waals surface area (Å²) in [6.45, 7) is 0.0353. The summed E-state index contributed by atoms with van der Waals surface area (Å²) in [7, 11) is 0. The highest BCUT2D eigenvalue weighted by Crippen LogP contribution is 2.49. The molecule has 8 aromatic carbocycles. The molecule has 52 heavy (non-hydrogen) atoms. The van der Waals surface area contributed by atoms with Crippen LogP contribution in [0.4, 0.5) is 11.4 Å². The molecule has 0 bridgehead atoms. The molecule has 0 saturated heterocycles. The number of hydrogen-bond donors (Lipinski definition) is 0. The van der Waals surface area contributed by atoms with Gasteiger partial charge in [0, 0.05) is 61.0 Å². The number of aromatic nitrogens is 2. The van der Waals surface area contributed by atoms with Crippen LogP contribution in [0, 0.1) is 0 Å². The average Bonchev–Trinajstić information content (AvgIpc) is 3.72. The first-order valence-electron chi connectivity index (χ1n) is 18.1. The van der Waals surface area contributed by atoms with Crippen molar-refractivity contribution in [3.05, 3.63) is 182 Å². The predicted octanol–water partition coefficient (Wildman–Crippen LogP) is 10.8. The zero-order valence-electron chi connectivity index (χ0n) is 28.2. The minimum absolute atomic E-state index is 0.0353. The maximum atomic E-state index is 2.58. The molecule has 0 atom stereocenters. The second-order valence-corrected chi connectivity index (χ2v) is 14.1. The van der Waals surface area contributed by atoms with Gasteiger partial charge in [-0.25, -0.2) is 0 Å². The standard InChI is InChI=1S/C48H30BN3/c1-3-15-31(16-4-1)50-42-24-12-8-21-35(42)38-29-46-39(30-45(38)50)36-27-28-41-47(48(36)51(46)32-17-5-2-6-18-32)37-22-10-14-26-44(37)52-43-25-13-9-20-34(43)33-19-7-11-23-40(33)49(41)52/h1-30H. The van der Waals surface area contributed by atoms with Gasteiger partial charge in [-0.2, -0.15) is 0 Å². The third kappa shape index (κ3) is 3.60. The summed E-state index contributed by atoms with van der Waals surface area (Å²) in [5.74, 6) is 0. The average molecular weight is 660 g/mol. The van der Waals surface area contributed by atoms with Gasteiger partial charge in [-0.05, 0) is 71.1 Å². The lowest BCUT2D eigenvalue weighted by Gasteiger charge is -2.43. The first-order chi connectivity index (χ1) is 25.8. The Kier molecular flexibility index (Phi) is 5.58. The minimum atomic E-state index is 0.0353. The molecule has 10 aromatic rings. The van der Waals surface area contributed by atoms with Crippen molar-refractivity contribution in [2.45, 2.75) is 0 Å². The van der Waals surface area contributed by atoms with Gasteiger partial charge in [-0.3, -0.25) is 0 Å². The van der Waals surface area contributed by atoms with Crippen LogP contribution >= 0.6 is 0 Å². The Hall–Kier alpha value is -6.78. The normalized spacial score (nSPS) is 12.9.